The minimum Gasteiger partial charge on any atom is -0.198 e. The van der Waals surface area contributed by atoms with Crippen LogP contribution in [0.2, 0.25) is 0 Å². The quantitative estimate of drug-likeness (QED) is 0.325. The van der Waals surface area contributed by atoms with Crippen LogP contribution in [0.15, 0.2) is 91.0 Å². The SMILES string of the molecule is N#CCCCBr.c1ccc(P(c2ccccc2)c2ccccc2)cc1. The third-order valence-electron chi connectivity index (χ3n) is 3.47. The molecule has 0 saturated heterocycles. The van der Waals surface area contributed by atoms with Gasteiger partial charge in [-0.15, -0.1) is 0 Å². The number of nitrogens with zero attached hydrogens (tertiary/aromatic N) is 1. The van der Waals surface area contributed by atoms with E-state index in [1.54, 1.807) is 0 Å². The van der Waals surface area contributed by atoms with Gasteiger partial charge >= 0.3 is 0 Å². The Balaban J connectivity index is 0.000000326. The van der Waals surface area contributed by atoms with Gasteiger partial charge in [-0.1, -0.05) is 107 Å². The summed E-state index contributed by atoms with van der Waals surface area (Å²) in [5.41, 5.74) is 0. The zero-order valence-corrected chi connectivity index (χ0v) is 16.5. The molecule has 0 bridgehead atoms. The predicted octanol–water partition coefficient (Wildman–Crippen LogP) is 5.13. The molecule has 0 aromatic heterocycles. The lowest BCUT2D eigenvalue weighted by molar-refractivity contribution is 0.989. The number of halogens is 1. The van der Waals surface area contributed by atoms with E-state index in [1.807, 2.05) is 6.07 Å². The van der Waals surface area contributed by atoms with E-state index in [1.165, 1.54) is 15.9 Å². The van der Waals surface area contributed by atoms with Crippen molar-refractivity contribution in [1.82, 2.24) is 0 Å². The third-order valence-corrected chi connectivity index (χ3v) is 6.47. The standard InChI is InChI=1S/C18H15P.C4H6BrN/c1-4-10-16(11-5-1)19(17-12-6-2-7-13-17)18-14-8-3-9-15-18;5-3-1-2-4-6/h1-15H;1-3H2. The average molecular weight is 410 g/mol. The molecule has 3 aromatic rings. The maximum atomic E-state index is 7.93. The molecule has 0 saturated carbocycles. The molecule has 0 unspecified atom stereocenters. The van der Waals surface area contributed by atoms with Gasteiger partial charge in [0.25, 0.3) is 0 Å². The van der Waals surface area contributed by atoms with Crippen molar-refractivity contribution < 1.29 is 0 Å². The number of benzene rings is 3. The Kier molecular flexibility index (Phi) is 8.98. The molecule has 0 amide bonds. The zero-order valence-electron chi connectivity index (χ0n) is 14.1. The fraction of sp³-hybridized carbons (Fsp3) is 0.136. The fourth-order valence-electron chi connectivity index (χ4n) is 2.32. The molecule has 3 aromatic carbocycles. The summed E-state index contributed by atoms with van der Waals surface area (Å²) in [4.78, 5) is 0. The summed E-state index contributed by atoms with van der Waals surface area (Å²) in [5, 5.41) is 13.1. The molecule has 3 heteroatoms. The molecule has 0 heterocycles. The van der Waals surface area contributed by atoms with Crippen LogP contribution in [0.25, 0.3) is 0 Å². The van der Waals surface area contributed by atoms with Crippen LogP contribution in [-0.2, 0) is 0 Å². The van der Waals surface area contributed by atoms with Crippen molar-refractivity contribution in [2.45, 2.75) is 12.8 Å². The molecule has 0 radical (unpaired) electrons. The highest BCUT2D eigenvalue weighted by Crippen LogP contribution is 2.32. The third kappa shape index (κ3) is 6.46. The van der Waals surface area contributed by atoms with Gasteiger partial charge in [0.2, 0.25) is 0 Å². The first-order chi connectivity index (χ1) is 12.4. The molecule has 3 rings (SSSR count). The van der Waals surface area contributed by atoms with Crippen LogP contribution in [-0.4, -0.2) is 5.33 Å². The van der Waals surface area contributed by atoms with Crippen molar-refractivity contribution in [2.24, 2.45) is 0 Å². The highest BCUT2D eigenvalue weighted by Gasteiger charge is 2.14. The van der Waals surface area contributed by atoms with E-state index in [0.29, 0.717) is 6.42 Å². The lowest BCUT2D eigenvalue weighted by Crippen LogP contribution is -2.20. The van der Waals surface area contributed by atoms with Gasteiger partial charge in [-0.05, 0) is 30.3 Å². The fourth-order valence-corrected chi connectivity index (χ4v) is 4.91. The number of nitriles is 1. The van der Waals surface area contributed by atoms with Crippen molar-refractivity contribution in [3.05, 3.63) is 91.0 Å². The van der Waals surface area contributed by atoms with Gasteiger partial charge in [0, 0.05) is 11.8 Å². The van der Waals surface area contributed by atoms with Crippen LogP contribution in [0.3, 0.4) is 0 Å². The lowest BCUT2D eigenvalue weighted by Gasteiger charge is -2.18. The molecular weight excluding hydrogens is 389 g/mol. The summed E-state index contributed by atoms with van der Waals surface area (Å²) in [6.45, 7) is 0. The minimum absolute atomic E-state index is 0.446. The van der Waals surface area contributed by atoms with Gasteiger partial charge in [0.15, 0.2) is 0 Å². The van der Waals surface area contributed by atoms with Crippen molar-refractivity contribution in [2.75, 3.05) is 5.33 Å². The van der Waals surface area contributed by atoms with E-state index in [4.69, 9.17) is 5.26 Å². The first-order valence-corrected chi connectivity index (χ1v) is 10.7. The Bertz CT molecular complexity index is 660. The summed E-state index contributed by atoms with van der Waals surface area (Å²) in [7, 11) is -0.446. The maximum Gasteiger partial charge on any atom is 0.0622 e. The van der Waals surface area contributed by atoms with E-state index < -0.39 is 7.92 Å². The van der Waals surface area contributed by atoms with Crippen molar-refractivity contribution in [3.8, 4) is 6.07 Å². The number of unbranched alkanes of at least 4 members (excludes halogenated alkanes) is 1. The molecule has 1 nitrogen and oxygen atoms in total. The summed E-state index contributed by atoms with van der Waals surface area (Å²) in [5.74, 6) is 0. The van der Waals surface area contributed by atoms with Gasteiger partial charge in [-0.3, -0.25) is 0 Å². The smallest absolute Gasteiger partial charge is 0.0622 e. The Hall–Kier alpha value is -1.94. The topological polar surface area (TPSA) is 23.8 Å². The normalized spacial score (nSPS) is 9.80. The molecule has 0 aliphatic carbocycles. The van der Waals surface area contributed by atoms with E-state index in [0.717, 1.165) is 11.8 Å². The van der Waals surface area contributed by atoms with E-state index in [9.17, 15) is 0 Å². The molecule has 126 valence electrons. The summed E-state index contributed by atoms with van der Waals surface area (Å²) >= 11 is 3.20. The predicted molar refractivity (Wildman–Crippen MR) is 114 cm³/mol. The molecule has 0 N–H and O–H groups in total. The highest BCUT2D eigenvalue weighted by atomic mass is 79.9. The van der Waals surface area contributed by atoms with Crippen molar-refractivity contribution in [1.29, 1.82) is 5.26 Å². The van der Waals surface area contributed by atoms with Gasteiger partial charge in [-0.25, -0.2) is 0 Å². The second kappa shape index (κ2) is 11.6. The van der Waals surface area contributed by atoms with E-state index in [-0.39, 0.29) is 0 Å². The van der Waals surface area contributed by atoms with E-state index >= 15 is 0 Å². The Labute approximate surface area is 160 Å². The molecule has 0 spiro atoms. The van der Waals surface area contributed by atoms with Gasteiger partial charge in [-0.2, -0.15) is 5.26 Å². The van der Waals surface area contributed by atoms with Crippen molar-refractivity contribution in [3.63, 3.8) is 0 Å². The Morgan fingerprint density at radius 3 is 1.28 bits per heavy atom. The van der Waals surface area contributed by atoms with Gasteiger partial charge < -0.3 is 0 Å². The monoisotopic (exact) mass is 409 g/mol. The number of hydrogen-bond donors (Lipinski definition) is 0. The Morgan fingerprint density at radius 2 is 1.04 bits per heavy atom. The average Bonchev–Trinajstić information content (AvgIpc) is 2.70. The largest absolute Gasteiger partial charge is 0.198 e. The summed E-state index contributed by atoms with van der Waals surface area (Å²) < 4.78 is 0. The van der Waals surface area contributed by atoms with Gasteiger partial charge in [0.1, 0.15) is 0 Å². The first-order valence-electron chi connectivity index (χ1n) is 8.25. The van der Waals surface area contributed by atoms with Crippen LogP contribution in [0.5, 0.6) is 0 Å². The highest BCUT2D eigenvalue weighted by molar-refractivity contribution is 9.09. The van der Waals surface area contributed by atoms with E-state index in [2.05, 4.69) is 107 Å². The zero-order chi connectivity index (χ0) is 17.7. The molecule has 0 aliphatic heterocycles. The van der Waals surface area contributed by atoms with Crippen LogP contribution >= 0.6 is 23.9 Å². The van der Waals surface area contributed by atoms with Crippen LogP contribution < -0.4 is 15.9 Å². The molecular formula is C22H21BrNP. The number of hydrogen-bond acceptors (Lipinski definition) is 1. The van der Waals surface area contributed by atoms with Crippen LogP contribution in [0, 0.1) is 11.3 Å². The minimum atomic E-state index is -0.446. The second-order valence-corrected chi connectivity index (χ2v) is 8.31. The lowest BCUT2D eigenvalue weighted by atomic mass is 10.4. The number of alkyl halides is 1. The molecule has 0 atom stereocenters. The molecule has 0 fully saturated rings. The Morgan fingerprint density at radius 1 is 0.680 bits per heavy atom. The van der Waals surface area contributed by atoms with Gasteiger partial charge in [0.05, 0.1) is 6.07 Å². The molecule has 25 heavy (non-hydrogen) atoms. The molecule has 0 aliphatic rings. The second-order valence-electron chi connectivity index (χ2n) is 5.29. The van der Waals surface area contributed by atoms with Crippen molar-refractivity contribution >= 4 is 39.8 Å². The maximum absolute atomic E-state index is 7.93. The summed E-state index contributed by atoms with van der Waals surface area (Å²) in [6.07, 6.45) is 1.64. The first kappa shape index (κ1) is 19.4. The van der Waals surface area contributed by atoms with Crippen LogP contribution in [0.4, 0.5) is 0 Å². The number of rotatable bonds is 5. The van der Waals surface area contributed by atoms with Crippen LogP contribution in [0.1, 0.15) is 12.8 Å². The summed E-state index contributed by atoms with van der Waals surface area (Å²) in [6, 6.07) is 34.4.